The van der Waals surface area contributed by atoms with Crippen LogP contribution in [0.5, 0.6) is 0 Å². The number of quaternary nitrogens is 1. The summed E-state index contributed by atoms with van der Waals surface area (Å²) in [6.07, 6.45) is 9.75. The van der Waals surface area contributed by atoms with Crippen LogP contribution < -0.4 is 44.9 Å². The van der Waals surface area contributed by atoms with Crippen molar-refractivity contribution >= 4 is 74.3 Å². The van der Waals surface area contributed by atoms with E-state index in [4.69, 9.17) is 26.1 Å². The molecule has 5 heterocycles. The molecule has 5 aliphatic heterocycles. The van der Waals surface area contributed by atoms with E-state index in [1.165, 1.54) is 62.8 Å². The molecule has 1 amide bonds. The molecule has 0 unspecified atom stereocenters. The van der Waals surface area contributed by atoms with Gasteiger partial charge >= 0.3 is 61.1 Å². The van der Waals surface area contributed by atoms with Gasteiger partial charge in [0.1, 0.15) is 21.8 Å². The number of rotatable bonds is 17. The van der Waals surface area contributed by atoms with Crippen molar-refractivity contribution in [3.63, 3.8) is 0 Å². The van der Waals surface area contributed by atoms with Crippen molar-refractivity contribution in [1.29, 1.82) is 0 Å². The number of fused-ring (bicyclic) bond motifs is 2. The van der Waals surface area contributed by atoms with E-state index >= 15 is 0 Å². The van der Waals surface area contributed by atoms with E-state index < -0.39 is 76.3 Å². The number of nitrogens with one attached hydrogen (secondary N) is 3. The van der Waals surface area contributed by atoms with Gasteiger partial charge < -0.3 is 46.2 Å². The summed E-state index contributed by atoms with van der Waals surface area (Å²) in [4.78, 5) is 25.1. The fourth-order valence-electron chi connectivity index (χ4n) is 11.7. The molecule has 14 N–H and O–H groups in total. The number of nitrogens with zero attached hydrogens (tertiary/aromatic N) is 4. The third-order valence-corrected chi connectivity index (χ3v) is 21.4. The van der Waals surface area contributed by atoms with Gasteiger partial charge in [0.15, 0.2) is 0 Å². The summed E-state index contributed by atoms with van der Waals surface area (Å²) in [7, 11) is -20.6. The van der Waals surface area contributed by atoms with E-state index in [-0.39, 0.29) is 46.2 Å². The minimum Gasteiger partial charge on any atom is -0.478 e. The van der Waals surface area contributed by atoms with Crippen LogP contribution >= 0.6 is 15.8 Å². The van der Waals surface area contributed by atoms with Crippen LogP contribution in [0.1, 0.15) is 180 Å². The van der Waals surface area contributed by atoms with Crippen molar-refractivity contribution in [3.05, 3.63) is 112 Å². The van der Waals surface area contributed by atoms with E-state index in [9.17, 15) is 71.0 Å². The van der Waals surface area contributed by atoms with Crippen LogP contribution in [-0.4, -0.2) is 151 Å². The summed E-state index contributed by atoms with van der Waals surface area (Å²) >= 11 is 0. The van der Waals surface area contributed by atoms with Gasteiger partial charge in [-0.15, -0.1) is 14.0 Å². The Morgan fingerprint density at radius 3 is 1.45 bits per heavy atom. The second-order valence-electron chi connectivity index (χ2n) is 26.9. The standard InChI is InChI=1S/C18H31N5OP.C16H23BFNO3.C8H6BFO4.C8H19N.C7H18N2.C7H8O3S.CH3F.F6P.H3N/c19-17-9-1-2-10-18(17)20-24-25(21-11-3-4-12-21,22-13-5-6-14-22)23-15-7-8-16-23;1-5-11(16(2,3)4)8-19-15(20)12-7-6-10-9-22-17(21)13(10)14(12)18;10-7-5(8(11)12)2-1-4-3-14-9(13)6(4)7;1-6-9(7(2)3)8(4)5;1-5-6(9-8)7(2,3)4;1-6-2-4-7(5-3-6)11(8,9)10;1-2;1-7(2,3,4,5)6;/h1-2,9-10,20H,3-8,11-16,19H2;6-7,11,21H,5,8-9H2,1-4H3,(H,19,20);1-2,13H,3H2,(H,11,12);7-8H,6H2,1-5H3;6,9H,5,8H2,1-4H3;2-5H,1H3,(H,8,9,10);1H3;;1H3/q+1;;;;;;;-1;/t;11-;;;6-;;;;/m.0..1..../s1/i;;;;;;1D;;. The molecule has 0 radical (unpaired) electrons. The summed E-state index contributed by atoms with van der Waals surface area (Å²) in [5.41, 5.74) is 16.0. The Hall–Kier alpha value is -4.79. The van der Waals surface area contributed by atoms with Crippen molar-refractivity contribution in [2.75, 3.05) is 70.7 Å². The molecule has 35 heteroatoms. The average Bonchev–Trinajstić information content (AvgIpc) is 1.70. The van der Waals surface area contributed by atoms with Crippen LogP contribution in [0.25, 0.3) is 0 Å². The second-order valence-corrected chi connectivity index (χ2v) is 33.1. The SMILES string of the molecule is CCN(C(C)C)C(C)C.CC[C@@H](CNC(=O)c1ccc2c(c1F)B(O)OC2)C(C)(C)C.CC[C@@H](N[NH3+])C(C)(C)C.Cc1ccc(S(=O)(=O)[O-])cc1.F[P-](F)(F)(F)(F)F.N.Nc1ccccc1NO[P+](N1CCCC1)(N1CCCC1)N1CCCC1.O=C(O)c1ccc2c(c1F)B(O)OC2.[2H]CF. The number of alkyl halides is 1. The first-order valence-corrected chi connectivity index (χ1v) is 38.1. The van der Waals surface area contributed by atoms with Gasteiger partial charge in [-0.2, -0.15) is 5.43 Å². The number of carboxylic acids is 1. The van der Waals surface area contributed by atoms with Crippen molar-refractivity contribution in [3.8, 4) is 0 Å². The molecular formula is C65H111B2F9N10O11P2S. The van der Waals surface area contributed by atoms with Crippen LogP contribution in [0.2, 0.25) is 0 Å². The monoisotopic (exact) mass is 1500 g/mol. The number of carboxylic acid groups (broad SMARTS) is 1. The minimum absolute atomic E-state index is 0. The summed E-state index contributed by atoms with van der Waals surface area (Å²) in [6.45, 7) is 39.1. The van der Waals surface area contributed by atoms with Crippen LogP contribution in [0.3, 0.4) is 0 Å². The Labute approximate surface area is 589 Å². The molecular weight excluding hydrogens is 1380 g/mol. The minimum atomic E-state index is -10.7. The van der Waals surface area contributed by atoms with Crippen molar-refractivity contribution in [2.24, 2.45) is 16.7 Å². The number of hydrogen-bond donors (Lipinski definition) is 9. The Morgan fingerprint density at radius 1 is 0.740 bits per heavy atom. The number of halogens is 9. The van der Waals surface area contributed by atoms with E-state index in [2.05, 4.69) is 131 Å². The number of aryl methyl sites for hydroxylation is 1. The van der Waals surface area contributed by atoms with Gasteiger partial charge in [0.25, 0.3) is 5.91 Å². The van der Waals surface area contributed by atoms with Gasteiger partial charge in [-0.25, -0.2) is 27.5 Å². The molecule has 21 nitrogen and oxygen atoms in total. The number of carbonyl (C=O) groups is 2. The fraction of sp³-hybridized carbons (Fsp3) is 0.600. The topological polar surface area (TPSA) is 317 Å². The predicted molar refractivity (Wildman–Crippen MR) is 382 cm³/mol. The first-order chi connectivity index (χ1) is 46.1. The normalized spacial score (nSPS) is 16.9. The third kappa shape index (κ3) is 30.9. The zero-order valence-electron chi connectivity index (χ0n) is 61.4. The molecule has 3 fully saturated rings. The molecule has 0 saturated carbocycles. The zero-order chi connectivity index (χ0) is 76.4. The zero-order valence-corrected chi connectivity index (χ0v) is 63.0. The molecule has 9 rings (SSSR count). The molecule has 4 aromatic rings. The molecule has 572 valence electrons. The predicted octanol–water partition coefficient (Wildman–Crippen LogP) is 12.9. The summed E-state index contributed by atoms with van der Waals surface area (Å²) in [5, 5.41) is 30.3. The molecule has 3 saturated heterocycles. The van der Waals surface area contributed by atoms with Crippen molar-refractivity contribution in [2.45, 2.75) is 185 Å². The largest absolute Gasteiger partial charge is 0.494 e. The van der Waals surface area contributed by atoms with E-state index in [0.717, 1.165) is 81.7 Å². The third-order valence-electron chi connectivity index (χ3n) is 16.8. The molecule has 0 aliphatic carbocycles. The smallest absolute Gasteiger partial charge is 0.478 e. The number of benzene rings is 4. The van der Waals surface area contributed by atoms with Crippen LogP contribution in [0, 0.1) is 35.3 Å². The van der Waals surface area contributed by atoms with Crippen molar-refractivity contribution < 1.29 is 97.2 Å². The van der Waals surface area contributed by atoms with E-state index in [1.807, 2.05) is 31.2 Å². The Balaban J connectivity index is 0.000000612. The molecule has 0 aromatic heterocycles. The van der Waals surface area contributed by atoms with E-state index in [0.29, 0.717) is 47.1 Å². The maximum Gasteiger partial charge on any atom is 0.494 e. The van der Waals surface area contributed by atoms with Gasteiger partial charge in [-0.3, -0.25) is 19.9 Å². The number of nitrogens with two attached hydrogens (primary N) is 1. The van der Waals surface area contributed by atoms with Gasteiger partial charge in [-0.05, 0) is 150 Å². The van der Waals surface area contributed by atoms with Crippen LogP contribution in [0.4, 0.5) is 49.7 Å². The molecule has 0 bridgehead atoms. The van der Waals surface area contributed by atoms with Crippen LogP contribution in [0.15, 0.2) is 77.7 Å². The number of nitrogen functional groups attached to an aromatic ring is 1. The number of para-hydroxylation sites is 2. The summed E-state index contributed by atoms with van der Waals surface area (Å²) < 4.78 is 158. The van der Waals surface area contributed by atoms with Crippen molar-refractivity contribution in [1.82, 2.24) is 35.8 Å². The fourth-order valence-corrected chi connectivity index (χ4v) is 16.2. The Bertz CT molecular complexity index is 3210. The number of aromatic carboxylic acids is 1. The quantitative estimate of drug-likeness (QED) is 0.0118. The first kappa shape index (κ1) is 91.3. The van der Waals surface area contributed by atoms with E-state index in [1.54, 1.807) is 18.2 Å². The molecule has 100 heavy (non-hydrogen) atoms. The number of carbonyl (C=O) groups excluding carboxylic acids is 1. The first-order valence-electron chi connectivity index (χ1n) is 33.8. The summed E-state index contributed by atoms with van der Waals surface area (Å²) in [5.74, 6) is 0.561. The Morgan fingerprint density at radius 2 is 1.14 bits per heavy atom. The van der Waals surface area contributed by atoms with Gasteiger partial charge in [0, 0.05) is 68.8 Å². The average molecular weight is 1500 g/mol. The molecule has 4 aromatic carbocycles. The molecule has 2 atom stereocenters. The maximum atomic E-state index is 14.4. The number of anilines is 2. The van der Waals surface area contributed by atoms with Gasteiger partial charge in [-0.1, -0.05) is 115 Å². The van der Waals surface area contributed by atoms with Gasteiger partial charge in [0.2, 0.25) is 0 Å². The number of amides is 1. The van der Waals surface area contributed by atoms with Gasteiger partial charge in [0.05, 0.1) is 55.2 Å². The maximum absolute atomic E-state index is 14.4. The molecule has 5 aliphatic rings. The second kappa shape index (κ2) is 40.5. The molecule has 0 spiro atoms. The summed E-state index contributed by atoms with van der Waals surface area (Å²) in [6, 6.07) is 21.3. The van der Waals surface area contributed by atoms with Crippen LogP contribution in [-0.2, 0) is 37.3 Å². The number of hydrogen-bond acceptors (Lipinski definition) is 18. The Kier molecular flexibility index (Phi) is 36.9.